The van der Waals surface area contributed by atoms with Crippen LogP contribution in [0, 0.1) is 0 Å². The van der Waals surface area contributed by atoms with Crippen molar-refractivity contribution in [3.63, 3.8) is 0 Å². The maximum atomic E-state index is 12.0. The van der Waals surface area contributed by atoms with Gasteiger partial charge < -0.3 is 20.1 Å². The Balaban J connectivity index is 3.47. The molecule has 274 valence electrons. The number of esters is 1. The Bertz CT molecular complexity index is 739. The zero-order chi connectivity index (χ0) is 34.0. The molecule has 0 aliphatic rings. The molecule has 0 saturated carbocycles. The van der Waals surface area contributed by atoms with E-state index < -0.39 is 26.5 Å². The molecule has 0 radical (unpaired) electrons. The Labute approximate surface area is 282 Å². The van der Waals surface area contributed by atoms with Gasteiger partial charge in [-0.25, -0.2) is 4.57 Å². The number of hydrogen-bond donors (Lipinski definition) is 3. The van der Waals surface area contributed by atoms with E-state index in [1.54, 1.807) is 0 Å². The first-order valence-corrected chi connectivity index (χ1v) is 20.5. The number of carbonyl (C=O) groups is 2. The average molecular weight is 678 g/mol. The smallest absolute Gasteiger partial charge is 0.463 e. The molecule has 3 N–H and O–H groups in total. The lowest BCUT2D eigenvalue weighted by molar-refractivity contribution is -0.147. The van der Waals surface area contributed by atoms with Gasteiger partial charge in [0, 0.05) is 19.4 Å². The Morgan fingerprint density at radius 3 is 1.43 bits per heavy atom. The van der Waals surface area contributed by atoms with Gasteiger partial charge in [0.2, 0.25) is 5.91 Å². The van der Waals surface area contributed by atoms with Crippen LogP contribution in [0.3, 0.4) is 0 Å². The van der Waals surface area contributed by atoms with Crippen LogP contribution in [0.5, 0.6) is 0 Å². The van der Waals surface area contributed by atoms with Gasteiger partial charge in [0.15, 0.2) is 0 Å². The molecular weight excluding hydrogens is 605 g/mol. The fraction of sp³-hybridized carbons (Fsp3) is 0.944. The zero-order valence-corrected chi connectivity index (χ0v) is 30.7. The number of aliphatic hydroxyl groups excluding tert-OH is 1. The summed E-state index contributed by atoms with van der Waals surface area (Å²) in [5.74, 6) is -0.526. The highest BCUT2D eigenvalue weighted by Gasteiger charge is 2.23. The first-order valence-electron chi connectivity index (χ1n) is 19.0. The standard InChI is InChI=1S/C36H72NO8P/c1-3-5-7-9-10-11-12-13-14-15-16-17-18-19-20-21-22-23-24-25-26-28-35(39)37-30-31-44-46(41,42)45-33-34(38)32-43-36(40)29-27-8-6-4-2/h34,38H,3-33H2,1-2H3,(H,37,39)(H,41,42). The Kier molecular flexibility index (Phi) is 33.2. The summed E-state index contributed by atoms with van der Waals surface area (Å²) in [6.07, 6.45) is 31.1. The average Bonchev–Trinajstić information content (AvgIpc) is 3.04. The minimum Gasteiger partial charge on any atom is -0.463 e. The number of phosphoric acid groups is 1. The number of unbranched alkanes of at least 4 members (excludes halogenated alkanes) is 23. The van der Waals surface area contributed by atoms with E-state index in [0.717, 1.165) is 44.9 Å². The van der Waals surface area contributed by atoms with Crippen LogP contribution in [0.15, 0.2) is 0 Å². The number of hydrogen-bond acceptors (Lipinski definition) is 7. The molecular formula is C36H72NO8P. The molecule has 0 heterocycles. The van der Waals surface area contributed by atoms with Crippen LogP contribution in [-0.2, 0) is 27.9 Å². The minimum atomic E-state index is -4.39. The second-order valence-corrected chi connectivity index (χ2v) is 14.4. The second-order valence-electron chi connectivity index (χ2n) is 12.9. The maximum absolute atomic E-state index is 12.0. The number of ether oxygens (including phenoxy) is 1. The number of phosphoric ester groups is 1. The third kappa shape index (κ3) is 34.3. The van der Waals surface area contributed by atoms with Crippen LogP contribution in [0.25, 0.3) is 0 Å². The molecule has 1 amide bonds. The maximum Gasteiger partial charge on any atom is 0.472 e. The van der Waals surface area contributed by atoms with Gasteiger partial charge in [0.25, 0.3) is 0 Å². The van der Waals surface area contributed by atoms with Gasteiger partial charge in [-0.3, -0.25) is 18.6 Å². The molecule has 0 rings (SSSR count). The summed E-state index contributed by atoms with van der Waals surface area (Å²) in [4.78, 5) is 33.4. The van der Waals surface area contributed by atoms with Gasteiger partial charge >= 0.3 is 13.8 Å². The van der Waals surface area contributed by atoms with Crippen molar-refractivity contribution in [2.45, 2.75) is 193 Å². The zero-order valence-electron chi connectivity index (χ0n) is 29.8. The van der Waals surface area contributed by atoms with Crippen molar-refractivity contribution in [2.75, 3.05) is 26.4 Å². The molecule has 0 aliphatic heterocycles. The third-order valence-corrected chi connectivity index (χ3v) is 9.27. The van der Waals surface area contributed by atoms with Gasteiger partial charge in [-0.2, -0.15) is 0 Å². The van der Waals surface area contributed by atoms with Gasteiger partial charge in [-0.1, -0.05) is 162 Å². The van der Waals surface area contributed by atoms with Crippen molar-refractivity contribution in [1.29, 1.82) is 0 Å². The number of nitrogens with one attached hydrogen (secondary N) is 1. The van der Waals surface area contributed by atoms with Crippen molar-refractivity contribution >= 4 is 19.7 Å². The van der Waals surface area contributed by atoms with Crippen LogP contribution in [0.4, 0.5) is 0 Å². The van der Waals surface area contributed by atoms with Crippen molar-refractivity contribution in [2.24, 2.45) is 0 Å². The van der Waals surface area contributed by atoms with Gasteiger partial charge in [-0.15, -0.1) is 0 Å². The van der Waals surface area contributed by atoms with Crippen molar-refractivity contribution in [3.8, 4) is 0 Å². The minimum absolute atomic E-state index is 0.0875. The second kappa shape index (κ2) is 33.9. The van der Waals surface area contributed by atoms with E-state index in [1.807, 2.05) is 0 Å². The van der Waals surface area contributed by atoms with Crippen LogP contribution in [-0.4, -0.2) is 54.3 Å². The Morgan fingerprint density at radius 2 is 0.978 bits per heavy atom. The van der Waals surface area contributed by atoms with E-state index in [9.17, 15) is 24.2 Å². The summed E-state index contributed by atoms with van der Waals surface area (Å²) in [6, 6.07) is 0. The van der Waals surface area contributed by atoms with Crippen LogP contribution < -0.4 is 5.32 Å². The van der Waals surface area contributed by atoms with E-state index in [-0.39, 0.29) is 32.1 Å². The molecule has 0 fully saturated rings. The number of aliphatic hydroxyl groups is 1. The lowest BCUT2D eigenvalue weighted by atomic mass is 10.0. The molecule has 46 heavy (non-hydrogen) atoms. The lowest BCUT2D eigenvalue weighted by Crippen LogP contribution is -2.27. The van der Waals surface area contributed by atoms with E-state index >= 15 is 0 Å². The fourth-order valence-corrected chi connectivity index (χ4v) is 6.14. The molecule has 2 unspecified atom stereocenters. The van der Waals surface area contributed by atoms with Crippen molar-refractivity contribution in [1.82, 2.24) is 5.32 Å². The molecule has 0 aliphatic carbocycles. The predicted molar refractivity (Wildman–Crippen MR) is 188 cm³/mol. The summed E-state index contributed by atoms with van der Waals surface area (Å²) in [5.41, 5.74) is 0. The summed E-state index contributed by atoms with van der Waals surface area (Å²) < 4.78 is 26.5. The number of rotatable bonds is 36. The molecule has 0 aromatic heterocycles. The topological polar surface area (TPSA) is 131 Å². The first-order chi connectivity index (χ1) is 22.3. The Morgan fingerprint density at radius 1 is 0.587 bits per heavy atom. The highest BCUT2D eigenvalue weighted by Crippen LogP contribution is 2.42. The van der Waals surface area contributed by atoms with Crippen LogP contribution in [0.1, 0.15) is 187 Å². The predicted octanol–water partition coefficient (Wildman–Crippen LogP) is 9.71. The number of amides is 1. The Hall–Kier alpha value is -0.990. The van der Waals surface area contributed by atoms with Gasteiger partial charge in [0.1, 0.15) is 12.7 Å². The SMILES string of the molecule is CCCCCCCCCCCCCCCCCCCCCCCC(=O)NCCOP(=O)(O)OCC(O)COC(=O)CCCCCC. The van der Waals surface area contributed by atoms with Crippen molar-refractivity contribution in [3.05, 3.63) is 0 Å². The molecule has 9 nitrogen and oxygen atoms in total. The first kappa shape index (κ1) is 45.0. The van der Waals surface area contributed by atoms with E-state index in [1.165, 1.54) is 116 Å². The summed E-state index contributed by atoms with van der Waals surface area (Å²) >= 11 is 0. The van der Waals surface area contributed by atoms with Crippen LogP contribution in [0.2, 0.25) is 0 Å². The largest absolute Gasteiger partial charge is 0.472 e. The highest BCUT2D eigenvalue weighted by atomic mass is 31.2. The lowest BCUT2D eigenvalue weighted by Gasteiger charge is -2.15. The molecule has 2 atom stereocenters. The summed E-state index contributed by atoms with van der Waals surface area (Å²) in [5, 5.41) is 12.5. The molecule has 0 aromatic carbocycles. The monoisotopic (exact) mass is 677 g/mol. The fourth-order valence-electron chi connectivity index (χ4n) is 5.38. The molecule has 10 heteroatoms. The molecule has 0 aromatic rings. The van der Waals surface area contributed by atoms with Crippen molar-refractivity contribution < 1.29 is 37.9 Å². The van der Waals surface area contributed by atoms with Gasteiger partial charge in [-0.05, 0) is 12.8 Å². The van der Waals surface area contributed by atoms with Crippen LogP contribution >= 0.6 is 7.82 Å². The van der Waals surface area contributed by atoms with E-state index in [4.69, 9.17) is 13.8 Å². The quantitative estimate of drug-likeness (QED) is 0.0339. The van der Waals surface area contributed by atoms with Gasteiger partial charge in [0.05, 0.1) is 13.2 Å². The molecule has 0 saturated heterocycles. The third-order valence-electron chi connectivity index (χ3n) is 8.29. The number of carbonyl (C=O) groups excluding carboxylic acids is 2. The summed E-state index contributed by atoms with van der Waals surface area (Å²) in [6.45, 7) is 3.43. The molecule has 0 spiro atoms. The van der Waals surface area contributed by atoms with E-state index in [2.05, 4.69) is 19.2 Å². The normalized spacial score (nSPS) is 13.4. The molecule has 0 bridgehead atoms. The van der Waals surface area contributed by atoms with E-state index in [0.29, 0.717) is 6.42 Å². The highest BCUT2D eigenvalue weighted by molar-refractivity contribution is 7.47. The summed E-state index contributed by atoms with van der Waals surface area (Å²) in [7, 11) is -4.39.